The van der Waals surface area contributed by atoms with E-state index in [1.54, 1.807) is 0 Å². The molecule has 3 rings (SSSR count). The topological polar surface area (TPSA) is 42.9 Å². The molecule has 0 radical (unpaired) electrons. The summed E-state index contributed by atoms with van der Waals surface area (Å²) in [4.78, 5) is 4.38. The molecule has 0 aliphatic carbocycles. The Balaban J connectivity index is 1.72. The number of hydrogen-bond acceptors (Lipinski definition) is 4. The molecule has 0 amide bonds. The molecule has 0 fully saturated rings. The number of para-hydroxylation sites is 1. The lowest BCUT2D eigenvalue weighted by molar-refractivity contribution is 0.173. The molecular formula is C12H14N2O2. The quantitative estimate of drug-likeness (QED) is 0.821. The Bertz CT molecular complexity index is 429. The number of nitrogens with one attached hydrogen (secondary N) is 1. The molecule has 0 atom stereocenters. The van der Waals surface area contributed by atoms with E-state index in [-0.39, 0.29) is 0 Å². The molecule has 2 aliphatic rings. The van der Waals surface area contributed by atoms with Gasteiger partial charge in [0.2, 0.25) is 6.79 Å². The average Bonchev–Trinajstić information content (AvgIpc) is 2.97. The van der Waals surface area contributed by atoms with Crippen molar-refractivity contribution >= 4 is 5.84 Å². The lowest BCUT2D eigenvalue weighted by Crippen LogP contribution is -2.20. The van der Waals surface area contributed by atoms with Gasteiger partial charge in [0.1, 0.15) is 0 Å². The van der Waals surface area contributed by atoms with Gasteiger partial charge in [0.15, 0.2) is 11.5 Å². The highest BCUT2D eigenvalue weighted by molar-refractivity contribution is 5.83. The molecule has 0 spiro atoms. The van der Waals surface area contributed by atoms with Crippen molar-refractivity contribution in [1.29, 1.82) is 0 Å². The lowest BCUT2D eigenvalue weighted by atomic mass is 10.2. The molecule has 0 saturated carbocycles. The molecule has 0 aromatic heterocycles. The fourth-order valence-corrected chi connectivity index (χ4v) is 2.01. The molecule has 4 heteroatoms. The van der Waals surface area contributed by atoms with Gasteiger partial charge in [-0.2, -0.15) is 0 Å². The number of rotatable bonds is 2. The average molecular weight is 218 g/mol. The highest BCUT2D eigenvalue weighted by Crippen LogP contribution is 2.35. The maximum Gasteiger partial charge on any atom is 0.231 e. The van der Waals surface area contributed by atoms with Crippen LogP contribution in [-0.2, 0) is 6.54 Å². The Morgan fingerprint density at radius 2 is 2.31 bits per heavy atom. The minimum Gasteiger partial charge on any atom is -0.454 e. The highest BCUT2D eigenvalue weighted by Gasteiger charge is 2.17. The van der Waals surface area contributed by atoms with Gasteiger partial charge >= 0.3 is 0 Å². The molecule has 2 aliphatic heterocycles. The monoisotopic (exact) mass is 218 g/mol. The molecule has 16 heavy (non-hydrogen) atoms. The Labute approximate surface area is 94.3 Å². The van der Waals surface area contributed by atoms with Crippen LogP contribution in [0, 0.1) is 0 Å². The summed E-state index contributed by atoms with van der Waals surface area (Å²) in [5, 5.41) is 3.34. The fraction of sp³-hybridized carbons (Fsp3) is 0.417. The van der Waals surface area contributed by atoms with Gasteiger partial charge in [0.25, 0.3) is 0 Å². The van der Waals surface area contributed by atoms with E-state index in [4.69, 9.17) is 9.47 Å². The molecule has 2 heterocycles. The summed E-state index contributed by atoms with van der Waals surface area (Å²) in [5.41, 5.74) is 1.13. The summed E-state index contributed by atoms with van der Waals surface area (Å²) < 4.78 is 10.8. The Morgan fingerprint density at radius 1 is 1.31 bits per heavy atom. The smallest absolute Gasteiger partial charge is 0.231 e. The molecular weight excluding hydrogens is 204 g/mol. The maximum absolute atomic E-state index is 5.44. The summed E-state index contributed by atoms with van der Waals surface area (Å²) in [5.74, 6) is 2.82. The predicted octanol–water partition coefficient (Wildman–Crippen LogP) is 1.70. The highest BCUT2D eigenvalue weighted by atomic mass is 16.7. The zero-order valence-electron chi connectivity index (χ0n) is 9.03. The molecule has 84 valence electrons. The number of benzene rings is 1. The van der Waals surface area contributed by atoms with Crippen molar-refractivity contribution in [2.45, 2.75) is 19.4 Å². The SMILES string of the molecule is c1cc(CNC2=NCCC2)c2c(c1)OCO2. The number of ether oxygens (including phenoxy) is 2. The van der Waals surface area contributed by atoms with Crippen LogP contribution in [0.4, 0.5) is 0 Å². The summed E-state index contributed by atoms with van der Waals surface area (Å²) in [6.45, 7) is 2.04. The van der Waals surface area contributed by atoms with Crippen molar-refractivity contribution in [3.05, 3.63) is 23.8 Å². The van der Waals surface area contributed by atoms with Crippen LogP contribution in [0.3, 0.4) is 0 Å². The second-order valence-corrected chi connectivity index (χ2v) is 3.94. The van der Waals surface area contributed by atoms with Crippen LogP contribution in [-0.4, -0.2) is 19.2 Å². The van der Waals surface area contributed by atoms with Crippen molar-refractivity contribution in [2.24, 2.45) is 4.99 Å². The van der Waals surface area contributed by atoms with Gasteiger partial charge in [0.05, 0.1) is 5.84 Å². The summed E-state index contributed by atoms with van der Waals surface area (Å²) in [6.07, 6.45) is 2.22. The molecule has 4 nitrogen and oxygen atoms in total. The van der Waals surface area contributed by atoms with E-state index in [1.165, 1.54) is 0 Å². The zero-order chi connectivity index (χ0) is 10.8. The third-order valence-corrected chi connectivity index (χ3v) is 2.84. The minimum atomic E-state index is 0.327. The number of fused-ring (bicyclic) bond motifs is 1. The first kappa shape index (κ1) is 9.51. The summed E-state index contributed by atoms with van der Waals surface area (Å²) >= 11 is 0. The van der Waals surface area contributed by atoms with Crippen LogP contribution in [0.2, 0.25) is 0 Å². The largest absolute Gasteiger partial charge is 0.454 e. The van der Waals surface area contributed by atoms with E-state index in [0.717, 1.165) is 48.8 Å². The van der Waals surface area contributed by atoms with Crippen LogP contribution >= 0.6 is 0 Å². The Hall–Kier alpha value is -1.71. The number of amidine groups is 1. The van der Waals surface area contributed by atoms with Gasteiger partial charge in [-0.3, -0.25) is 4.99 Å². The Kier molecular flexibility index (Phi) is 2.40. The predicted molar refractivity (Wildman–Crippen MR) is 60.9 cm³/mol. The molecule has 1 aromatic carbocycles. The van der Waals surface area contributed by atoms with Crippen molar-refractivity contribution in [1.82, 2.24) is 5.32 Å². The molecule has 0 bridgehead atoms. The third-order valence-electron chi connectivity index (χ3n) is 2.84. The van der Waals surface area contributed by atoms with E-state index in [0.29, 0.717) is 6.79 Å². The van der Waals surface area contributed by atoms with Gasteiger partial charge in [-0.05, 0) is 12.5 Å². The third kappa shape index (κ3) is 1.71. The van der Waals surface area contributed by atoms with Crippen LogP contribution in [0.25, 0.3) is 0 Å². The summed E-state index contributed by atoms with van der Waals surface area (Å²) in [6, 6.07) is 5.97. The van der Waals surface area contributed by atoms with E-state index in [2.05, 4.69) is 16.4 Å². The molecule has 1 N–H and O–H groups in total. The van der Waals surface area contributed by atoms with Crippen LogP contribution in [0.15, 0.2) is 23.2 Å². The van der Waals surface area contributed by atoms with Gasteiger partial charge in [-0.25, -0.2) is 0 Å². The molecule has 0 saturated heterocycles. The zero-order valence-corrected chi connectivity index (χ0v) is 9.03. The minimum absolute atomic E-state index is 0.327. The van der Waals surface area contributed by atoms with Gasteiger partial charge in [-0.15, -0.1) is 0 Å². The molecule has 0 unspecified atom stereocenters. The van der Waals surface area contributed by atoms with E-state index >= 15 is 0 Å². The van der Waals surface area contributed by atoms with Crippen LogP contribution in [0.5, 0.6) is 11.5 Å². The van der Waals surface area contributed by atoms with Gasteiger partial charge in [-0.1, -0.05) is 12.1 Å². The fourth-order valence-electron chi connectivity index (χ4n) is 2.01. The van der Waals surface area contributed by atoms with Crippen molar-refractivity contribution in [3.8, 4) is 11.5 Å². The lowest BCUT2D eigenvalue weighted by Gasteiger charge is -2.08. The van der Waals surface area contributed by atoms with Gasteiger partial charge in [0, 0.05) is 25.1 Å². The number of aliphatic imine (C=N–C) groups is 1. The van der Waals surface area contributed by atoms with E-state index in [1.807, 2.05) is 12.1 Å². The molecule has 1 aromatic rings. The van der Waals surface area contributed by atoms with Crippen molar-refractivity contribution in [2.75, 3.05) is 13.3 Å². The first-order chi connectivity index (χ1) is 7.93. The van der Waals surface area contributed by atoms with Crippen molar-refractivity contribution in [3.63, 3.8) is 0 Å². The van der Waals surface area contributed by atoms with E-state index in [9.17, 15) is 0 Å². The standard InChI is InChI=1S/C12H14N2O2/c1-3-9(7-14-11-5-2-6-13-11)12-10(4-1)15-8-16-12/h1,3-4H,2,5-8H2,(H,13,14). The second kappa shape index (κ2) is 4.04. The maximum atomic E-state index is 5.44. The first-order valence-corrected chi connectivity index (χ1v) is 5.58. The first-order valence-electron chi connectivity index (χ1n) is 5.58. The summed E-state index contributed by atoms with van der Waals surface area (Å²) in [7, 11) is 0. The van der Waals surface area contributed by atoms with Crippen LogP contribution in [0.1, 0.15) is 18.4 Å². The van der Waals surface area contributed by atoms with Crippen molar-refractivity contribution < 1.29 is 9.47 Å². The van der Waals surface area contributed by atoms with Crippen LogP contribution < -0.4 is 14.8 Å². The van der Waals surface area contributed by atoms with Gasteiger partial charge < -0.3 is 14.8 Å². The Morgan fingerprint density at radius 3 is 3.19 bits per heavy atom. The number of hydrogen-bond donors (Lipinski definition) is 1. The van der Waals surface area contributed by atoms with E-state index < -0.39 is 0 Å². The normalized spacial score (nSPS) is 17.4. The second-order valence-electron chi connectivity index (χ2n) is 3.94. The number of nitrogens with zero attached hydrogens (tertiary/aromatic N) is 1.